The van der Waals surface area contributed by atoms with Gasteiger partial charge in [-0.2, -0.15) is 15.8 Å². The average molecular weight is 363 g/mol. The maximum Gasteiger partial charge on any atom is 0.410 e. The summed E-state index contributed by atoms with van der Waals surface area (Å²) in [5.74, 6) is -2.17. The Kier molecular flexibility index (Phi) is 4.71. The quantitative estimate of drug-likeness (QED) is 0.801. The van der Waals surface area contributed by atoms with Gasteiger partial charge in [0, 0.05) is 24.9 Å². The zero-order chi connectivity index (χ0) is 19.6. The molecule has 3 atom stereocenters. The zero-order valence-corrected chi connectivity index (χ0v) is 14.7. The fourth-order valence-corrected chi connectivity index (χ4v) is 4.00. The van der Waals surface area contributed by atoms with Crippen LogP contribution in [0, 0.1) is 56.7 Å². The second kappa shape index (κ2) is 6.97. The van der Waals surface area contributed by atoms with Crippen LogP contribution in [0.2, 0.25) is 0 Å². The number of furan rings is 1. The largest absolute Gasteiger partial charge is 0.472 e. The topological polar surface area (TPSA) is 138 Å². The Labute approximate surface area is 156 Å². The molecule has 1 saturated carbocycles. The van der Waals surface area contributed by atoms with Crippen molar-refractivity contribution in [1.29, 1.82) is 21.2 Å². The van der Waals surface area contributed by atoms with E-state index in [2.05, 4.69) is 6.07 Å². The number of fused-ring (bicyclic) bond motifs is 1. The van der Waals surface area contributed by atoms with Gasteiger partial charge in [0.15, 0.2) is 5.41 Å². The Morgan fingerprint density at radius 2 is 2.19 bits per heavy atom. The fourth-order valence-electron chi connectivity index (χ4n) is 4.00. The Morgan fingerprint density at radius 3 is 2.74 bits per heavy atom. The lowest BCUT2D eigenvalue weighted by molar-refractivity contribution is 0.0992. The average Bonchev–Trinajstić information content (AvgIpc) is 3.21. The van der Waals surface area contributed by atoms with Crippen molar-refractivity contribution in [2.75, 3.05) is 19.7 Å². The minimum absolute atomic E-state index is 0.192. The van der Waals surface area contributed by atoms with E-state index in [-0.39, 0.29) is 25.4 Å². The number of nitrogens with one attached hydrogen (secondary N) is 1. The van der Waals surface area contributed by atoms with Gasteiger partial charge in [-0.05, 0) is 24.1 Å². The summed E-state index contributed by atoms with van der Waals surface area (Å²) < 4.78 is 10.2. The van der Waals surface area contributed by atoms with Crippen molar-refractivity contribution in [1.82, 2.24) is 4.90 Å². The summed E-state index contributed by atoms with van der Waals surface area (Å²) in [6.45, 7) is 2.38. The molecule has 1 aromatic heterocycles. The van der Waals surface area contributed by atoms with E-state index in [0.29, 0.717) is 11.1 Å². The summed E-state index contributed by atoms with van der Waals surface area (Å²) in [4.78, 5) is 13.7. The van der Waals surface area contributed by atoms with Crippen molar-refractivity contribution >= 4 is 11.8 Å². The Bertz CT molecular complexity index is 899. The van der Waals surface area contributed by atoms with Gasteiger partial charge in [-0.15, -0.1) is 0 Å². The van der Waals surface area contributed by atoms with Gasteiger partial charge >= 0.3 is 6.09 Å². The molecule has 1 N–H and O–H groups in total. The molecule has 136 valence electrons. The molecule has 1 unspecified atom stereocenters. The summed E-state index contributed by atoms with van der Waals surface area (Å²) in [6.07, 6.45) is 4.12. The van der Waals surface area contributed by atoms with E-state index < -0.39 is 29.3 Å². The molecule has 1 fully saturated rings. The Hall–Kier alpha value is -3.57. The maximum absolute atomic E-state index is 12.2. The molecule has 0 saturated heterocycles. The number of amides is 1. The molecule has 1 aromatic rings. The van der Waals surface area contributed by atoms with Crippen molar-refractivity contribution in [3.63, 3.8) is 0 Å². The number of rotatable bonds is 2. The third-order valence-corrected chi connectivity index (χ3v) is 5.22. The number of carbonyl (C=O) groups excluding carboxylic acids is 1. The molecule has 1 amide bonds. The van der Waals surface area contributed by atoms with Gasteiger partial charge in [0.25, 0.3) is 0 Å². The van der Waals surface area contributed by atoms with Crippen LogP contribution in [0.4, 0.5) is 4.79 Å². The molecule has 8 heteroatoms. The van der Waals surface area contributed by atoms with E-state index in [1.165, 1.54) is 17.4 Å². The SMILES string of the molecule is CCOC(=O)N1CC=C2C(C#N)C(=N)C(C#N)(C#N)[C@@H](c3ccoc3)[C@H]2C1. The smallest absolute Gasteiger partial charge is 0.410 e. The highest BCUT2D eigenvalue weighted by Gasteiger charge is 2.58. The van der Waals surface area contributed by atoms with Gasteiger partial charge in [0.05, 0.1) is 43.1 Å². The lowest BCUT2D eigenvalue weighted by Crippen LogP contribution is -2.53. The first kappa shape index (κ1) is 18.2. The van der Waals surface area contributed by atoms with Gasteiger partial charge in [-0.25, -0.2) is 4.79 Å². The van der Waals surface area contributed by atoms with Crippen LogP contribution in [0.3, 0.4) is 0 Å². The van der Waals surface area contributed by atoms with Crippen LogP contribution in [0.5, 0.6) is 0 Å². The van der Waals surface area contributed by atoms with Gasteiger partial charge in [-0.3, -0.25) is 0 Å². The normalized spacial score (nSPS) is 26.0. The minimum atomic E-state index is -1.82. The highest BCUT2D eigenvalue weighted by molar-refractivity contribution is 6.00. The Morgan fingerprint density at radius 1 is 1.44 bits per heavy atom. The first-order valence-corrected chi connectivity index (χ1v) is 8.48. The molecule has 1 aliphatic carbocycles. The summed E-state index contributed by atoms with van der Waals surface area (Å²) in [5.41, 5.74) is -0.797. The van der Waals surface area contributed by atoms with E-state index in [4.69, 9.17) is 14.6 Å². The fraction of sp³-hybridized carbons (Fsp3) is 0.421. The van der Waals surface area contributed by atoms with Crippen LogP contribution in [-0.4, -0.2) is 36.4 Å². The first-order chi connectivity index (χ1) is 13.0. The molecule has 0 aromatic carbocycles. The van der Waals surface area contributed by atoms with Crippen LogP contribution >= 0.6 is 0 Å². The van der Waals surface area contributed by atoms with Crippen molar-refractivity contribution in [2.45, 2.75) is 12.8 Å². The van der Waals surface area contributed by atoms with Crippen molar-refractivity contribution < 1.29 is 13.9 Å². The second-order valence-electron chi connectivity index (χ2n) is 6.46. The zero-order valence-electron chi connectivity index (χ0n) is 14.7. The first-order valence-electron chi connectivity index (χ1n) is 8.48. The summed E-state index contributed by atoms with van der Waals surface area (Å²) in [6, 6.07) is 7.67. The molecular weight excluding hydrogens is 346 g/mol. The lowest BCUT2D eigenvalue weighted by atomic mass is 9.54. The van der Waals surface area contributed by atoms with Gasteiger partial charge < -0.3 is 19.5 Å². The number of ether oxygens (including phenoxy) is 1. The third kappa shape index (κ3) is 2.65. The number of carbonyl (C=O) groups is 1. The van der Waals surface area contributed by atoms with Crippen molar-refractivity contribution in [3.05, 3.63) is 35.8 Å². The number of nitriles is 3. The van der Waals surface area contributed by atoms with Crippen LogP contribution in [0.1, 0.15) is 18.4 Å². The predicted molar refractivity (Wildman–Crippen MR) is 92.1 cm³/mol. The van der Waals surface area contributed by atoms with E-state index in [1.807, 2.05) is 12.1 Å². The van der Waals surface area contributed by atoms with Crippen LogP contribution < -0.4 is 0 Å². The number of nitrogens with zero attached hydrogens (tertiary/aromatic N) is 4. The molecule has 0 bridgehead atoms. The number of hydrogen-bond acceptors (Lipinski definition) is 7. The summed E-state index contributed by atoms with van der Waals surface area (Å²) >= 11 is 0. The second-order valence-corrected chi connectivity index (χ2v) is 6.46. The van der Waals surface area contributed by atoms with E-state index in [9.17, 15) is 20.6 Å². The highest BCUT2D eigenvalue weighted by atomic mass is 16.6. The highest BCUT2D eigenvalue weighted by Crippen LogP contribution is 2.53. The molecule has 0 spiro atoms. The summed E-state index contributed by atoms with van der Waals surface area (Å²) in [5, 5.41) is 37.8. The van der Waals surface area contributed by atoms with E-state index in [0.717, 1.165) is 0 Å². The van der Waals surface area contributed by atoms with E-state index >= 15 is 0 Å². The van der Waals surface area contributed by atoms with Crippen LogP contribution in [-0.2, 0) is 4.74 Å². The molecular formula is C19H17N5O3. The molecule has 0 radical (unpaired) electrons. The van der Waals surface area contributed by atoms with Crippen LogP contribution in [0.15, 0.2) is 34.7 Å². The molecule has 8 nitrogen and oxygen atoms in total. The van der Waals surface area contributed by atoms with E-state index in [1.54, 1.807) is 19.1 Å². The maximum atomic E-state index is 12.2. The van der Waals surface area contributed by atoms with Crippen molar-refractivity contribution in [2.24, 2.45) is 17.3 Å². The predicted octanol–water partition coefficient (Wildman–Crippen LogP) is 2.58. The van der Waals surface area contributed by atoms with Gasteiger partial charge in [0.1, 0.15) is 5.92 Å². The monoisotopic (exact) mass is 363 g/mol. The lowest BCUT2D eigenvalue weighted by Gasteiger charge is -2.47. The van der Waals surface area contributed by atoms with Gasteiger partial charge in [0.2, 0.25) is 0 Å². The standard InChI is InChI=1S/C19H17N5O3/c1-2-27-18(25)24-5-3-13-14(7-20)17(23)19(10-21,11-22)16(15(13)8-24)12-4-6-26-9-12/h3-4,6,9,14-16,23H,2,5,8H2,1H3/t14?,15-,16-/m0/s1. The summed E-state index contributed by atoms with van der Waals surface area (Å²) in [7, 11) is 0. The minimum Gasteiger partial charge on any atom is -0.472 e. The molecule has 3 rings (SSSR count). The number of hydrogen-bond donors (Lipinski definition) is 1. The molecule has 27 heavy (non-hydrogen) atoms. The van der Waals surface area contributed by atoms with Crippen molar-refractivity contribution in [3.8, 4) is 18.2 Å². The Balaban J connectivity index is 2.15. The molecule has 2 heterocycles. The van der Waals surface area contributed by atoms with Crippen LogP contribution in [0.25, 0.3) is 0 Å². The molecule has 2 aliphatic rings. The molecule has 1 aliphatic heterocycles. The van der Waals surface area contributed by atoms with Gasteiger partial charge in [-0.1, -0.05) is 6.08 Å². The third-order valence-electron chi connectivity index (χ3n) is 5.22.